The molecule has 1 aromatic heterocycles. The Morgan fingerprint density at radius 2 is 2.05 bits per heavy atom. The predicted molar refractivity (Wildman–Crippen MR) is 64.4 cm³/mol. The smallest absolute Gasteiger partial charge is 0.266 e. The maximum absolute atomic E-state index is 13.7. The molecule has 100 valence electrons. The third kappa shape index (κ3) is 2.37. The minimum atomic E-state index is -0.600. The third-order valence-corrected chi connectivity index (χ3v) is 2.89. The topological polar surface area (TPSA) is 71.6 Å². The molecule has 1 N–H and O–H groups in total. The van der Waals surface area contributed by atoms with E-state index in [-0.39, 0.29) is 17.2 Å². The highest BCUT2D eigenvalue weighted by Gasteiger charge is 2.19. The molecule has 0 unspecified atom stereocenters. The van der Waals surface area contributed by atoms with Gasteiger partial charge in [0, 0.05) is 19.2 Å². The van der Waals surface area contributed by atoms with Crippen LogP contribution >= 0.6 is 0 Å². The normalized spacial score (nSPS) is 15.7. The van der Waals surface area contributed by atoms with E-state index in [9.17, 15) is 4.39 Å². The Morgan fingerprint density at radius 3 is 2.79 bits per heavy atom. The van der Waals surface area contributed by atoms with Crippen molar-refractivity contribution < 1.29 is 18.8 Å². The van der Waals surface area contributed by atoms with Crippen LogP contribution in [-0.2, 0) is 4.74 Å². The molecule has 1 saturated heterocycles. The maximum Gasteiger partial charge on any atom is 0.266 e. The van der Waals surface area contributed by atoms with Gasteiger partial charge in [-0.2, -0.15) is 4.98 Å². The van der Waals surface area contributed by atoms with Gasteiger partial charge in [-0.3, -0.25) is 0 Å². The van der Waals surface area contributed by atoms with Crippen LogP contribution in [0.1, 0.15) is 0 Å². The second-order valence-electron chi connectivity index (χ2n) is 4.16. The fourth-order valence-corrected chi connectivity index (χ4v) is 1.89. The van der Waals surface area contributed by atoms with Crippen molar-refractivity contribution in [2.45, 2.75) is 0 Å². The van der Waals surface area contributed by atoms with Gasteiger partial charge in [-0.15, -0.1) is 0 Å². The molecule has 7 heteroatoms. The summed E-state index contributed by atoms with van der Waals surface area (Å²) in [5.41, 5.74) is 0.171. The van der Waals surface area contributed by atoms with Crippen LogP contribution in [0.2, 0.25) is 0 Å². The number of benzene rings is 1. The third-order valence-electron chi connectivity index (χ3n) is 2.89. The molecule has 0 atom stereocenters. The van der Waals surface area contributed by atoms with Gasteiger partial charge in [0.1, 0.15) is 11.6 Å². The number of halogens is 1. The van der Waals surface area contributed by atoms with E-state index in [1.165, 1.54) is 12.1 Å². The molecule has 6 nitrogen and oxygen atoms in total. The molecule has 1 aliphatic heterocycles. The number of morpholine rings is 1. The molecule has 0 aliphatic carbocycles. The summed E-state index contributed by atoms with van der Waals surface area (Å²) < 4.78 is 24.0. The lowest BCUT2D eigenvalue weighted by molar-refractivity contribution is 0.121. The van der Waals surface area contributed by atoms with Gasteiger partial charge in [-0.1, -0.05) is 0 Å². The molecule has 2 heterocycles. The summed E-state index contributed by atoms with van der Waals surface area (Å²) in [4.78, 5) is 6.08. The number of hydrogen-bond donors (Lipinski definition) is 1. The first-order valence-corrected chi connectivity index (χ1v) is 5.89. The van der Waals surface area contributed by atoms with Crippen LogP contribution in [0.25, 0.3) is 11.5 Å². The highest BCUT2D eigenvalue weighted by atomic mass is 19.1. The number of ether oxygens (including phenoxy) is 1. The molecule has 1 aromatic carbocycles. The maximum atomic E-state index is 13.7. The second-order valence-corrected chi connectivity index (χ2v) is 4.16. The molecule has 0 spiro atoms. The van der Waals surface area contributed by atoms with Gasteiger partial charge >= 0.3 is 0 Å². The van der Waals surface area contributed by atoms with Crippen LogP contribution in [0.3, 0.4) is 0 Å². The minimum Gasteiger partial charge on any atom is -0.508 e. The van der Waals surface area contributed by atoms with Crippen molar-refractivity contribution in [2.24, 2.45) is 0 Å². The van der Waals surface area contributed by atoms with E-state index in [0.717, 1.165) is 6.07 Å². The van der Waals surface area contributed by atoms with Crippen LogP contribution in [0.5, 0.6) is 5.75 Å². The molecule has 0 bridgehead atoms. The number of anilines is 1. The Morgan fingerprint density at radius 1 is 1.26 bits per heavy atom. The van der Waals surface area contributed by atoms with E-state index in [1.54, 1.807) is 0 Å². The van der Waals surface area contributed by atoms with Gasteiger partial charge in [-0.25, -0.2) is 4.39 Å². The standard InChI is InChI=1S/C12H12FN3O3/c13-10-7-8(17)1-2-9(10)11-14-12(15-19-11)16-3-5-18-6-4-16/h1-2,7,17H,3-6H2. The first-order chi connectivity index (χ1) is 9.24. The summed E-state index contributed by atoms with van der Waals surface area (Å²) in [5.74, 6) is -0.226. The molecule has 3 rings (SSSR count). The number of phenols is 1. The van der Waals surface area contributed by atoms with Crippen LogP contribution < -0.4 is 4.90 Å². The summed E-state index contributed by atoms with van der Waals surface area (Å²) in [6.07, 6.45) is 0. The zero-order chi connectivity index (χ0) is 13.2. The van der Waals surface area contributed by atoms with Gasteiger partial charge in [-0.05, 0) is 17.3 Å². The highest BCUT2D eigenvalue weighted by molar-refractivity contribution is 5.56. The lowest BCUT2D eigenvalue weighted by Gasteiger charge is -2.24. The van der Waals surface area contributed by atoms with E-state index < -0.39 is 5.82 Å². The molecule has 0 saturated carbocycles. The van der Waals surface area contributed by atoms with Crippen molar-refractivity contribution in [3.63, 3.8) is 0 Å². The van der Waals surface area contributed by atoms with Gasteiger partial charge in [0.05, 0.1) is 18.8 Å². The monoisotopic (exact) mass is 265 g/mol. The fraction of sp³-hybridized carbons (Fsp3) is 0.333. The number of aromatic nitrogens is 2. The van der Waals surface area contributed by atoms with Crippen LogP contribution in [0, 0.1) is 5.82 Å². The Hall–Kier alpha value is -2.15. The molecule has 1 fully saturated rings. The van der Waals surface area contributed by atoms with E-state index in [1.807, 2.05) is 4.90 Å². The zero-order valence-electron chi connectivity index (χ0n) is 10.0. The van der Waals surface area contributed by atoms with Crippen molar-refractivity contribution in [1.29, 1.82) is 0 Å². The number of nitrogens with zero attached hydrogens (tertiary/aromatic N) is 3. The average molecular weight is 265 g/mol. The zero-order valence-corrected chi connectivity index (χ0v) is 10.0. The predicted octanol–water partition coefficient (Wildman–Crippen LogP) is 1.42. The van der Waals surface area contributed by atoms with Crippen molar-refractivity contribution in [3.8, 4) is 17.2 Å². The van der Waals surface area contributed by atoms with Crippen LogP contribution in [-0.4, -0.2) is 41.6 Å². The fourth-order valence-electron chi connectivity index (χ4n) is 1.89. The number of aromatic hydroxyl groups is 1. The molecule has 0 amide bonds. The lowest BCUT2D eigenvalue weighted by Crippen LogP contribution is -2.36. The molecule has 2 aromatic rings. The minimum absolute atomic E-state index is 0.0963. The van der Waals surface area contributed by atoms with Gasteiger partial charge in [0.2, 0.25) is 0 Å². The summed E-state index contributed by atoms with van der Waals surface area (Å²) >= 11 is 0. The Labute approximate surface area is 108 Å². The molecule has 0 radical (unpaired) electrons. The molecular weight excluding hydrogens is 253 g/mol. The second kappa shape index (κ2) is 4.85. The largest absolute Gasteiger partial charge is 0.508 e. The number of hydrogen-bond acceptors (Lipinski definition) is 6. The molecule has 1 aliphatic rings. The van der Waals surface area contributed by atoms with Crippen molar-refractivity contribution in [3.05, 3.63) is 24.0 Å². The van der Waals surface area contributed by atoms with Crippen LogP contribution in [0.15, 0.2) is 22.7 Å². The molecular formula is C12H12FN3O3. The Balaban J connectivity index is 1.87. The quantitative estimate of drug-likeness (QED) is 0.885. The van der Waals surface area contributed by atoms with Crippen LogP contribution in [0.4, 0.5) is 10.3 Å². The summed E-state index contributed by atoms with van der Waals surface area (Å²) in [6.45, 7) is 2.57. The first-order valence-electron chi connectivity index (χ1n) is 5.89. The number of phenolic OH excluding ortho intramolecular Hbond substituents is 1. The SMILES string of the molecule is Oc1ccc(-c2nc(N3CCOCC3)no2)c(F)c1. The van der Waals surface area contributed by atoms with Crippen molar-refractivity contribution in [1.82, 2.24) is 10.1 Å². The van der Waals surface area contributed by atoms with Gasteiger partial charge in [0.25, 0.3) is 11.8 Å². The Kier molecular flexibility index (Phi) is 3.04. The average Bonchev–Trinajstić information content (AvgIpc) is 2.89. The first kappa shape index (κ1) is 11.9. The summed E-state index contributed by atoms with van der Waals surface area (Å²) in [6, 6.07) is 3.78. The van der Waals surface area contributed by atoms with Crippen molar-refractivity contribution in [2.75, 3.05) is 31.2 Å². The van der Waals surface area contributed by atoms with E-state index in [4.69, 9.17) is 14.4 Å². The van der Waals surface area contributed by atoms with E-state index >= 15 is 0 Å². The molecule has 19 heavy (non-hydrogen) atoms. The Bertz CT molecular complexity index is 581. The van der Waals surface area contributed by atoms with Gasteiger partial charge in [0.15, 0.2) is 0 Å². The lowest BCUT2D eigenvalue weighted by atomic mass is 10.2. The van der Waals surface area contributed by atoms with E-state index in [2.05, 4.69) is 10.1 Å². The summed E-state index contributed by atoms with van der Waals surface area (Å²) in [7, 11) is 0. The van der Waals surface area contributed by atoms with E-state index in [0.29, 0.717) is 32.3 Å². The van der Waals surface area contributed by atoms with Gasteiger partial charge < -0.3 is 19.3 Å². The number of rotatable bonds is 2. The summed E-state index contributed by atoms with van der Waals surface area (Å²) in [5, 5.41) is 13.0. The van der Waals surface area contributed by atoms with Crippen molar-refractivity contribution >= 4 is 5.95 Å². The highest BCUT2D eigenvalue weighted by Crippen LogP contribution is 2.26.